The number of amides is 1. The van der Waals surface area contributed by atoms with Gasteiger partial charge in [-0.05, 0) is 37.1 Å². The molecular weight excluding hydrogens is 340 g/mol. The van der Waals surface area contributed by atoms with Crippen LogP contribution in [0.15, 0.2) is 48.5 Å². The van der Waals surface area contributed by atoms with E-state index in [1.54, 1.807) is 0 Å². The molecule has 0 fully saturated rings. The molecule has 1 aliphatic rings. The summed E-state index contributed by atoms with van der Waals surface area (Å²) in [4.78, 5) is 12.3. The van der Waals surface area contributed by atoms with Crippen molar-refractivity contribution in [2.45, 2.75) is 20.4 Å². The average molecular weight is 362 g/mol. The summed E-state index contributed by atoms with van der Waals surface area (Å²) in [5, 5.41) is 0. The summed E-state index contributed by atoms with van der Waals surface area (Å²) >= 11 is 0. The lowest BCUT2D eigenvalue weighted by Gasteiger charge is -2.19. The number of aromatic nitrogens is 1. The minimum absolute atomic E-state index is 0.424. The van der Waals surface area contributed by atoms with Crippen LogP contribution in [0.25, 0.3) is 11.1 Å². The summed E-state index contributed by atoms with van der Waals surface area (Å²) in [6, 6.07) is 15.9. The predicted molar refractivity (Wildman–Crippen MR) is 104 cm³/mol. The van der Waals surface area contributed by atoms with E-state index in [4.69, 9.17) is 15.2 Å². The number of rotatable bonds is 4. The number of nitrogens with two attached hydrogens (primary N) is 1. The number of primary amides is 1. The second-order valence-corrected chi connectivity index (χ2v) is 6.72. The third-order valence-corrected chi connectivity index (χ3v) is 5.04. The first-order valence-electron chi connectivity index (χ1n) is 8.99. The van der Waals surface area contributed by atoms with Gasteiger partial charge in [-0.15, -0.1) is 0 Å². The van der Waals surface area contributed by atoms with Gasteiger partial charge >= 0.3 is 0 Å². The minimum atomic E-state index is -0.424. The molecule has 0 atom stereocenters. The molecule has 1 amide bonds. The zero-order valence-electron chi connectivity index (χ0n) is 15.5. The van der Waals surface area contributed by atoms with E-state index in [0.29, 0.717) is 31.1 Å². The highest BCUT2D eigenvalue weighted by atomic mass is 16.6. The number of nitrogens with zero attached hydrogens (tertiary/aromatic N) is 1. The van der Waals surface area contributed by atoms with Crippen molar-refractivity contribution in [2.24, 2.45) is 5.73 Å². The van der Waals surface area contributed by atoms with Gasteiger partial charge < -0.3 is 19.8 Å². The quantitative estimate of drug-likeness (QED) is 0.770. The first-order chi connectivity index (χ1) is 13.1. The SMILES string of the molecule is Cc1c(C(N)=O)c(-c2ccc3c(c2)OCCO3)c(C)n1Cc1ccccc1. The zero-order chi connectivity index (χ0) is 19.0. The first kappa shape index (κ1) is 17.2. The Balaban J connectivity index is 1.85. The molecular formula is C22H22N2O3. The van der Waals surface area contributed by atoms with Crippen LogP contribution in [0.4, 0.5) is 0 Å². The van der Waals surface area contributed by atoms with E-state index in [9.17, 15) is 4.79 Å². The lowest BCUT2D eigenvalue weighted by Crippen LogP contribution is -2.15. The molecule has 2 aromatic carbocycles. The van der Waals surface area contributed by atoms with E-state index in [1.165, 1.54) is 5.56 Å². The topological polar surface area (TPSA) is 66.5 Å². The summed E-state index contributed by atoms with van der Waals surface area (Å²) in [5.74, 6) is 0.998. The lowest BCUT2D eigenvalue weighted by molar-refractivity contribution is 0.1000. The molecule has 0 bridgehead atoms. The van der Waals surface area contributed by atoms with Crippen molar-refractivity contribution in [1.82, 2.24) is 4.57 Å². The Bertz CT molecular complexity index is 1010. The molecule has 0 saturated carbocycles. The van der Waals surface area contributed by atoms with Gasteiger partial charge in [-0.25, -0.2) is 0 Å². The van der Waals surface area contributed by atoms with Crippen LogP contribution in [0.2, 0.25) is 0 Å². The Morgan fingerprint density at radius 3 is 2.41 bits per heavy atom. The van der Waals surface area contributed by atoms with E-state index in [0.717, 1.165) is 28.3 Å². The lowest BCUT2D eigenvalue weighted by atomic mass is 9.99. The van der Waals surface area contributed by atoms with Crippen molar-refractivity contribution in [1.29, 1.82) is 0 Å². The molecule has 1 aliphatic heterocycles. The van der Waals surface area contributed by atoms with Crippen molar-refractivity contribution in [3.05, 3.63) is 71.0 Å². The number of carbonyl (C=O) groups is 1. The second-order valence-electron chi connectivity index (χ2n) is 6.72. The van der Waals surface area contributed by atoms with Crippen LogP contribution in [0.1, 0.15) is 27.3 Å². The van der Waals surface area contributed by atoms with Gasteiger partial charge in [-0.1, -0.05) is 36.4 Å². The maximum Gasteiger partial charge on any atom is 0.251 e. The molecule has 138 valence electrons. The van der Waals surface area contributed by atoms with Crippen molar-refractivity contribution in [2.75, 3.05) is 13.2 Å². The van der Waals surface area contributed by atoms with E-state index in [-0.39, 0.29) is 0 Å². The van der Waals surface area contributed by atoms with Crippen LogP contribution >= 0.6 is 0 Å². The second kappa shape index (κ2) is 6.83. The van der Waals surface area contributed by atoms with Crippen LogP contribution in [0.3, 0.4) is 0 Å². The molecule has 0 saturated heterocycles. The molecule has 0 unspecified atom stereocenters. The summed E-state index contributed by atoms with van der Waals surface area (Å²) in [7, 11) is 0. The number of hydrogen-bond donors (Lipinski definition) is 1. The van der Waals surface area contributed by atoms with Crippen molar-refractivity contribution < 1.29 is 14.3 Å². The molecule has 0 spiro atoms. The summed E-state index contributed by atoms with van der Waals surface area (Å²) in [5.41, 5.74) is 11.1. The third kappa shape index (κ3) is 3.05. The van der Waals surface area contributed by atoms with Crippen LogP contribution < -0.4 is 15.2 Å². The van der Waals surface area contributed by atoms with Gasteiger partial charge in [-0.2, -0.15) is 0 Å². The van der Waals surface area contributed by atoms with Gasteiger partial charge in [0.1, 0.15) is 13.2 Å². The fourth-order valence-electron chi connectivity index (χ4n) is 3.74. The maximum atomic E-state index is 12.3. The molecule has 3 aromatic rings. The molecule has 5 heteroatoms. The number of hydrogen-bond acceptors (Lipinski definition) is 3. The molecule has 1 aromatic heterocycles. The van der Waals surface area contributed by atoms with Crippen LogP contribution in [-0.2, 0) is 6.54 Å². The first-order valence-corrected chi connectivity index (χ1v) is 8.99. The van der Waals surface area contributed by atoms with E-state index in [1.807, 2.05) is 50.2 Å². The fraction of sp³-hybridized carbons (Fsp3) is 0.227. The minimum Gasteiger partial charge on any atom is -0.486 e. The van der Waals surface area contributed by atoms with E-state index < -0.39 is 5.91 Å². The molecule has 4 rings (SSSR count). The van der Waals surface area contributed by atoms with E-state index in [2.05, 4.69) is 16.7 Å². The van der Waals surface area contributed by atoms with Gasteiger partial charge in [0.05, 0.1) is 5.56 Å². The molecule has 2 N–H and O–H groups in total. The largest absolute Gasteiger partial charge is 0.486 e. The predicted octanol–water partition coefficient (Wildman–Crippen LogP) is 3.69. The fourth-order valence-corrected chi connectivity index (χ4v) is 3.74. The number of ether oxygens (including phenoxy) is 2. The van der Waals surface area contributed by atoms with Gasteiger partial charge in [-0.3, -0.25) is 4.79 Å². The van der Waals surface area contributed by atoms with Crippen molar-refractivity contribution >= 4 is 5.91 Å². The normalized spacial score (nSPS) is 12.8. The zero-order valence-corrected chi connectivity index (χ0v) is 15.5. The highest BCUT2D eigenvalue weighted by Crippen LogP contribution is 2.38. The Kier molecular flexibility index (Phi) is 4.36. The molecule has 27 heavy (non-hydrogen) atoms. The third-order valence-electron chi connectivity index (χ3n) is 5.04. The monoisotopic (exact) mass is 362 g/mol. The number of benzene rings is 2. The van der Waals surface area contributed by atoms with Gasteiger partial charge in [0, 0.05) is 23.5 Å². The average Bonchev–Trinajstić information content (AvgIpc) is 2.93. The standard InChI is InChI=1S/C22H22N2O3/c1-14-20(17-8-9-18-19(12-17)27-11-10-26-18)21(22(23)25)15(2)24(14)13-16-6-4-3-5-7-16/h3-9,12H,10-11,13H2,1-2H3,(H2,23,25). The van der Waals surface area contributed by atoms with Gasteiger partial charge in [0.15, 0.2) is 11.5 Å². The van der Waals surface area contributed by atoms with Crippen LogP contribution in [0, 0.1) is 13.8 Å². The van der Waals surface area contributed by atoms with Gasteiger partial charge in [0.2, 0.25) is 0 Å². The summed E-state index contributed by atoms with van der Waals surface area (Å²) < 4.78 is 13.5. The molecule has 2 heterocycles. The highest BCUT2D eigenvalue weighted by molar-refractivity contribution is 6.02. The van der Waals surface area contributed by atoms with Crippen molar-refractivity contribution in [3.8, 4) is 22.6 Å². The summed E-state index contributed by atoms with van der Waals surface area (Å²) in [6.45, 7) is 5.71. The van der Waals surface area contributed by atoms with Gasteiger partial charge in [0.25, 0.3) is 5.91 Å². The molecule has 5 nitrogen and oxygen atoms in total. The van der Waals surface area contributed by atoms with E-state index >= 15 is 0 Å². The number of fused-ring (bicyclic) bond motifs is 1. The van der Waals surface area contributed by atoms with Crippen molar-refractivity contribution in [3.63, 3.8) is 0 Å². The Morgan fingerprint density at radius 1 is 1.00 bits per heavy atom. The smallest absolute Gasteiger partial charge is 0.251 e. The maximum absolute atomic E-state index is 12.3. The summed E-state index contributed by atoms with van der Waals surface area (Å²) in [6.07, 6.45) is 0. The Labute approximate surface area is 158 Å². The number of carbonyl (C=O) groups excluding carboxylic acids is 1. The Morgan fingerprint density at radius 2 is 1.70 bits per heavy atom. The Hall–Kier alpha value is -3.21. The highest BCUT2D eigenvalue weighted by Gasteiger charge is 2.24. The molecule has 0 radical (unpaired) electrons. The van der Waals surface area contributed by atoms with Crippen LogP contribution in [-0.4, -0.2) is 23.7 Å². The molecule has 0 aliphatic carbocycles. The van der Waals surface area contributed by atoms with Crippen LogP contribution in [0.5, 0.6) is 11.5 Å².